The molecule has 1 aromatic carbocycles. The Morgan fingerprint density at radius 1 is 1.24 bits per heavy atom. The lowest BCUT2D eigenvalue weighted by atomic mass is 10.1. The molecule has 1 N–H and O–H groups in total. The third-order valence-corrected chi connectivity index (χ3v) is 3.59. The summed E-state index contributed by atoms with van der Waals surface area (Å²) in [6.07, 6.45) is 4.91. The normalized spacial score (nSPS) is 14.4. The summed E-state index contributed by atoms with van der Waals surface area (Å²) in [7, 11) is 0. The van der Waals surface area contributed by atoms with Crippen LogP contribution in [0.1, 0.15) is 37.7 Å². The SMILES string of the molecule is N#Cc1ccc(NC(=O)COC(=O)CC2CCCC2)cc1. The monoisotopic (exact) mass is 286 g/mol. The van der Waals surface area contributed by atoms with Crippen molar-refractivity contribution in [3.8, 4) is 6.07 Å². The number of carbonyl (C=O) groups is 2. The van der Waals surface area contributed by atoms with E-state index in [1.165, 1.54) is 12.8 Å². The Balaban J connectivity index is 1.71. The van der Waals surface area contributed by atoms with E-state index >= 15 is 0 Å². The molecule has 0 radical (unpaired) electrons. The summed E-state index contributed by atoms with van der Waals surface area (Å²) in [5.41, 5.74) is 1.10. The molecule has 2 rings (SSSR count). The Hall–Kier alpha value is -2.35. The molecule has 1 saturated carbocycles. The highest BCUT2D eigenvalue weighted by Gasteiger charge is 2.19. The van der Waals surface area contributed by atoms with Gasteiger partial charge in [0, 0.05) is 12.1 Å². The third-order valence-electron chi connectivity index (χ3n) is 3.59. The summed E-state index contributed by atoms with van der Waals surface area (Å²) in [4.78, 5) is 23.3. The van der Waals surface area contributed by atoms with Gasteiger partial charge in [-0.3, -0.25) is 9.59 Å². The first-order valence-corrected chi connectivity index (χ1v) is 7.13. The van der Waals surface area contributed by atoms with Crippen molar-refractivity contribution >= 4 is 17.6 Å². The molecule has 1 aromatic rings. The average molecular weight is 286 g/mol. The summed E-state index contributed by atoms with van der Waals surface area (Å²) < 4.78 is 4.98. The van der Waals surface area contributed by atoms with Crippen LogP contribution in [0, 0.1) is 17.2 Å². The molecule has 0 unspecified atom stereocenters. The first-order chi connectivity index (χ1) is 10.2. The number of rotatable bonds is 5. The number of amides is 1. The quantitative estimate of drug-likeness (QED) is 0.844. The molecule has 21 heavy (non-hydrogen) atoms. The minimum Gasteiger partial charge on any atom is -0.456 e. The van der Waals surface area contributed by atoms with Crippen LogP contribution >= 0.6 is 0 Å². The maximum Gasteiger partial charge on any atom is 0.306 e. The number of nitrogens with zero attached hydrogens (tertiary/aromatic N) is 1. The molecule has 0 aromatic heterocycles. The van der Waals surface area contributed by atoms with Gasteiger partial charge in [0.15, 0.2) is 6.61 Å². The molecule has 0 spiro atoms. The molecule has 0 saturated heterocycles. The zero-order valence-electron chi connectivity index (χ0n) is 11.8. The minimum absolute atomic E-state index is 0.272. The summed E-state index contributed by atoms with van der Waals surface area (Å²) in [5, 5.41) is 11.3. The van der Waals surface area contributed by atoms with Gasteiger partial charge in [0.2, 0.25) is 0 Å². The number of hydrogen-bond acceptors (Lipinski definition) is 4. The van der Waals surface area contributed by atoms with Gasteiger partial charge in [-0.25, -0.2) is 0 Å². The van der Waals surface area contributed by atoms with Crippen LogP contribution in [-0.2, 0) is 14.3 Å². The molecule has 1 aliphatic rings. The lowest BCUT2D eigenvalue weighted by Crippen LogP contribution is -2.21. The van der Waals surface area contributed by atoms with Crippen molar-refractivity contribution in [2.24, 2.45) is 5.92 Å². The van der Waals surface area contributed by atoms with Crippen LogP contribution in [-0.4, -0.2) is 18.5 Å². The third kappa shape index (κ3) is 4.92. The smallest absolute Gasteiger partial charge is 0.306 e. The van der Waals surface area contributed by atoms with E-state index in [0.29, 0.717) is 23.6 Å². The van der Waals surface area contributed by atoms with Crippen LogP contribution in [0.15, 0.2) is 24.3 Å². The molecule has 110 valence electrons. The fourth-order valence-electron chi connectivity index (χ4n) is 2.48. The van der Waals surface area contributed by atoms with Gasteiger partial charge >= 0.3 is 5.97 Å². The fraction of sp³-hybridized carbons (Fsp3) is 0.438. The molecule has 1 amide bonds. The lowest BCUT2D eigenvalue weighted by molar-refractivity contribution is -0.148. The second kappa shape index (κ2) is 7.44. The average Bonchev–Trinajstić information content (AvgIpc) is 2.99. The summed E-state index contributed by atoms with van der Waals surface area (Å²) >= 11 is 0. The van der Waals surface area contributed by atoms with Crippen molar-refractivity contribution in [1.82, 2.24) is 0 Å². The highest BCUT2D eigenvalue weighted by molar-refractivity contribution is 5.92. The van der Waals surface area contributed by atoms with Gasteiger partial charge in [0.05, 0.1) is 11.6 Å². The Bertz CT molecular complexity index is 540. The van der Waals surface area contributed by atoms with Gasteiger partial charge in [-0.05, 0) is 43.0 Å². The maximum atomic E-state index is 11.7. The van der Waals surface area contributed by atoms with E-state index in [1.807, 2.05) is 6.07 Å². The fourth-order valence-corrected chi connectivity index (χ4v) is 2.48. The topological polar surface area (TPSA) is 79.2 Å². The van der Waals surface area contributed by atoms with Gasteiger partial charge < -0.3 is 10.1 Å². The molecular formula is C16H18N2O3. The van der Waals surface area contributed by atoms with E-state index in [0.717, 1.165) is 12.8 Å². The van der Waals surface area contributed by atoms with E-state index in [4.69, 9.17) is 10.00 Å². The van der Waals surface area contributed by atoms with Gasteiger partial charge in [0.1, 0.15) is 0 Å². The standard InChI is InChI=1S/C16H18N2O3/c17-10-13-5-7-14(8-6-13)18-15(19)11-21-16(20)9-12-3-1-2-4-12/h5-8,12H,1-4,9,11H2,(H,18,19). The predicted octanol–water partition coefficient (Wildman–Crippen LogP) is 2.62. The van der Waals surface area contributed by atoms with E-state index < -0.39 is 0 Å². The number of nitriles is 1. The second-order valence-electron chi connectivity index (χ2n) is 5.25. The molecule has 0 atom stereocenters. The minimum atomic E-state index is -0.375. The van der Waals surface area contributed by atoms with Gasteiger partial charge in [-0.2, -0.15) is 5.26 Å². The molecule has 5 nitrogen and oxygen atoms in total. The first-order valence-electron chi connectivity index (χ1n) is 7.13. The molecule has 1 aliphatic carbocycles. The molecule has 0 bridgehead atoms. The van der Waals surface area contributed by atoms with Crippen molar-refractivity contribution in [1.29, 1.82) is 5.26 Å². The number of esters is 1. The Morgan fingerprint density at radius 2 is 1.90 bits per heavy atom. The maximum absolute atomic E-state index is 11.7. The molecule has 0 aliphatic heterocycles. The second-order valence-corrected chi connectivity index (χ2v) is 5.25. The van der Waals surface area contributed by atoms with E-state index in [-0.39, 0.29) is 18.5 Å². The van der Waals surface area contributed by atoms with E-state index in [9.17, 15) is 9.59 Å². The van der Waals surface area contributed by atoms with Crippen LogP contribution in [0.25, 0.3) is 0 Å². The largest absolute Gasteiger partial charge is 0.456 e. The summed E-state index contributed by atoms with van der Waals surface area (Å²) in [6, 6.07) is 8.50. The zero-order valence-corrected chi connectivity index (χ0v) is 11.8. The van der Waals surface area contributed by atoms with Crippen molar-refractivity contribution < 1.29 is 14.3 Å². The predicted molar refractivity (Wildman–Crippen MR) is 77.3 cm³/mol. The number of carbonyl (C=O) groups excluding carboxylic acids is 2. The van der Waals surface area contributed by atoms with Crippen molar-refractivity contribution in [3.63, 3.8) is 0 Å². The van der Waals surface area contributed by atoms with Crippen LogP contribution in [0.3, 0.4) is 0 Å². The van der Waals surface area contributed by atoms with E-state index in [2.05, 4.69) is 5.32 Å². The molecule has 5 heteroatoms. The first kappa shape index (κ1) is 15.0. The summed E-state index contributed by atoms with van der Waals surface area (Å²) in [6.45, 7) is -0.272. The van der Waals surface area contributed by atoms with E-state index in [1.54, 1.807) is 24.3 Å². The number of anilines is 1. The Kier molecular flexibility index (Phi) is 5.33. The Morgan fingerprint density at radius 3 is 2.52 bits per heavy atom. The molecule has 0 heterocycles. The van der Waals surface area contributed by atoms with Gasteiger partial charge in [-0.1, -0.05) is 12.8 Å². The zero-order chi connectivity index (χ0) is 15.1. The highest BCUT2D eigenvalue weighted by Crippen LogP contribution is 2.27. The van der Waals surface area contributed by atoms with Gasteiger partial charge in [-0.15, -0.1) is 0 Å². The number of ether oxygens (including phenoxy) is 1. The number of hydrogen-bond donors (Lipinski definition) is 1. The van der Waals surface area contributed by atoms with Crippen molar-refractivity contribution in [3.05, 3.63) is 29.8 Å². The van der Waals surface area contributed by atoms with Crippen LogP contribution in [0.2, 0.25) is 0 Å². The molecular weight excluding hydrogens is 268 g/mol. The lowest BCUT2D eigenvalue weighted by Gasteiger charge is -2.09. The summed E-state index contributed by atoms with van der Waals surface area (Å²) in [5.74, 6) is -0.268. The highest BCUT2D eigenvalue weighted by atomic mass is 16.5. The number of nitrogens with one attached hydrogen (secondary N) is 1. The van der Waals surface area contributed by atoms with Crippen LogP contribution in [0.5, 0.6) is 0 Å². The van der Waals surface area contributed by atoms with Crippen molar-refractivity contribution in [2.45, 2.75) is 32.1 Å². The van der Waals surface area contributed by atoms with Crippen LogP contribution in [0.4, 0.5) is 5.69 Å². The number of benzene rings is 1. The Labute approximate surface area is 123 Å². The molecule has 1 fully saturated rings. The van der Waals surface area contributed by atoms with Crippen molar-refractivity contribution in [2.75, 3.05) is 11.9 Å². The van der Waals surface area contributed by atoms with Gasteiger partial charge in [0.25, 0.3) is 5.91 Å². The van der Waals surface area contributed by atoms with Crippen LogP contribution < -0.4 is 5.32 Å².